The quantitative estimate of drug-likeness (QED) is 0.874. The van der Waals surface area contributed by atoms with Crippen molar-refractivity contribution in [1.29, 1.82) is 0 Å². The van der Waals surface area contributed by atoms with Gasteiger partial charge in [0, 0.05) is 11.8 Å². The van der Waals surface area contributed by atoms with E-state index in [-0.39, 0.29) is 5.91 Å². The van der Waals surface area contributed by atoms with Crippen LogP contribution in [0, 0.1) is 0 Å². The van der Waals surface area contributed by atoms with Gasteiger partial charge in [0.2, 0.25) is 0 Å². The van der Waals surface area contributed by atoms with Crippen molar-refractivity contribution < 1.29 is 9.53 Å². The van der Waals surface area contributed by atoms with E-state index >= 15 is 0 Å². The molecule has 1 aromatic heterocycles. The molecule has 1 amide bonds. The second kappa shape index (κ2) is 5.58. The number of amides is 1. The molecule has 0 unspecified atom stereocenters. The highest BCUT2D eigenvalue weighted by molar-refractivity contribution is 6.19. The minimum absolute atomic E-state index is 0.238. The summed E-state index contributed by atoms with van der Waals surface area (Å²) < 4.78 is 5.17. The number of ether oxygens (including phenoxy) is 1. The fourth-order valence-corrected chi connectivity index (χ4v) is 1.98. The van der Waals surface area contributed by atoms with Gasteiger partial charge >= 0.3 is 0 Å². The third-order valence-electron chi connectivity index (χ3n) is 3.01. The Morgan fingerprint density at radius 2 is 2.10 bits per heavy atom. The van der Waals surface area contributed by atoms with Crippen LogP contribution in [0.25, 0.3) is 6.08 Å². The molecule has 0 saturated heterocycles. The number of hydrogen-bond acceptors (Lipinski definition) is 4. The molecule has 0 fully saturated rings. The van der Waals surface area contributed by atoms with Crippen LogP contribution in [0.5, 0.6) is 5.75 Å². The highest BCUT2D eigenvalue weighted by Crippen LogP contribution is 2.17. The van der Waals surface area contributed by atoms with E-state index in [1.807, 2.05) is 42.5 Å². The van der Waals surface area contributed by atoms with E-state index in [2.05, 4.69) is 15.3 Å². The first kappa shape index (κ1) is 13.1. The van der Waals surface area contributed by atoms with Crippen molar-refractivity contribution in [3.8, 4) is 5.75 Å². The number of nitrogens with zero attached hydrogens (tertiary/aromatic N) is 2. The topological polar surface area (TPSA) is 63.6 Å². The van der Waals surface area contributed by atoms with Crippen LogP contribution in [0.4, 0.5) is 0 Å². The second-order valence-electron chi connectivity index (χ2n) is 4.43. The third-order valence-corrected chi connectivity index (χ3v) is 3.01. The predicted octanol–water partition coefficient (Wildman–Crippen LogP) is 2.01. The zero-order valence-corrected chi connectivity index (χ0v) is 11.4. The van der Waals surface area contributed by atoms with Crippen LogP contribution in [0.3, 0.4) is 0 Å². The SMILES string of the molecule is COc1cccc(C2=N/C(=C/c3ccccn3)C(=O)N2)c1. The normalized spacial score (nSPS) is 15.8. The highest BCUT2D eigenvalue weighted by atomic mass is 16.5. The molecule has 5 heteroatoms. The molecule has 0 spiro atoms. The van der Waals surface area contributed by atoms with E-state index in [1.165, 1.54) is 0 Å². The van der Waals surface area contributed by atoms with Gasteiger partial charge in [0.1, 0.15) is 17.3 Å². The van der Waals surface area contributed by atoms with Crippen molar-refractivity contribution >= 4 is 17.8 Å². The lowest BCUT2D eigenvalue weighted by atomic mass is 10.2. The monoisotopic (exact) mass is 279 g/mol. The molecule has 1 aliphatic heterocycles. The second-order valence-corrected chi connectivity index (χ2v) is 4.43. The Kier molecular flexibility index (Phi) is 3.47. The number of aromatic nitrogens is 1. The molecule has 21 heavy (non-hydrogen) atoms. The zero-order chi connectivity index (χ0) is 14.7. The van der Waals surface area contributed by atoms with Gasteiger partial charge < -0.3 is 10.1 Å². The fourth-order valence-electron chi connectivity index (χ4n) is 1.98. The molecule has 0 atom stereocenters. The van der Waals surface area contributed by atoms with Crippen LogP contribution >= 0.6 is 0 Å². The van der Waals surface area contributed by atoms with E-state index in [4.69, 9.17) is 4.74 Å². The number of amidine groups is 1. The largest absolute Gasteiger partial charge is 0.497 e. The van der Waals surface area contributed by atoms with Crippen molar-refractivity contribution in [2.45, 2.75) is 0 Å². The smallest absolute Gasteiger partial charge is 0.275 e. The summed E-state index contributed by atoms with van der Waals surface area (Å²) in [6.45, 7) is 0. The summed E-state index contributed by atoms with van der Waals surface area (Å²) in [6.07, 6.45) is 3.33. The minimum atomic E-state index is -0.238. The van der Waals surface area contributed by atoms with E-state index in [9.17, 15) is 4.79 Å². The lowest BCUT2D eigenvalue weighted by molar-refractivity contribution is -0.115. The maximum atomic E-state index is 12.0. The Balaban J connectivity index is 1.93. The van der Waals surface area contributed by atoms with Gasteiger partial charge in [-0.15, -0.1) is 0 Å². The lowest BCUT2D eigenvalue weighted by Gasteiger charge is -2.03. The van der Waals surface area contributed by atoms with Crippen LogP contribution in [0.1, 0.15) is 11.3 Å². The Morgan fingerprint density at radius 1 is 1.19 bits per heavy atom. The Labute approximate surface area is 122 Å². The van der Waals surface area contributed by atoms with E-state index < -0.39 is 0 Å². The Morgan fingerprint density at radius 3 is 2.86 bits per heavy atom. The molecule has 1 aliphatic rings. The molecule has 2 heterocycles. The summed E-state index contributed by atoms with van der Waals surface area (Å²) in [7, 11) is 1.60. The van der Waals surface area contributed by atoms with Gasteiger partial charge in [0.05, 0.1) is 12.8 Å². The number of methoxy groups -OCH3 is 1. The summed E-state index contributed by atoms with van der Waals surface area (Å²) in [6, 6.07) is 12.9. The van der Waals surface area contributed by atoms with Crippen molar-refractivity contribution in [3.05, 3.63) is 65.6 Å². The number of aliphatic imine (C=N–C) groups is 1. The van der Waals surface area contributed by atoms with Crippen LogP contribution in [-0.4, -0.2) is 23.8 Å². The number of hydrogen-bond donors (Lipinski definition) is 1. The molecule has 5 nitrogen and oxygen atoms in total. The first-order valence-electron chi connectivity index (χ1n) is 6.43. The van der Waals surface area contributed by atoms with Crippen molar-refractivity contribution in [1.82, 2.24) is 10.3 Å². The molecular formula is C16H13N3O2. The van der Waals surface area contributed by atoms with Gasteiger partial charge in [-0.3, -0.25) is 9.78 Å². The summed E-state index contributed by atoms with van der Waals surface area (Å²) in [5.74, 6) is 0.992. The standard InChI is InChI=1S/C16H13N3O2/c1-21-13-7-4-5-11(9-13)15-18-14(16(20)19-15)10-12-6-2-3-8-17-12/h2-10H,1H3,(H,18,19,20)/b14-10+. The maximum absolute atomic E-state index is 12.0. The lowest BCUT2D eigenvalue weighted by Crippen LogP contribution is -2.24. The van der Waals surface area contributed by atoms with Crippen molar-refractivity contribution in [2.24, 2.45) is 4.99 Å². The molecule has 1 aromatic carbocycles. The molecule has 3 rings (SSSR count). The van der Waals surface area contributed by atoms with Crippen molar-refractivity contribution in [2.75, 3.05) is 7.11 Å². The Hall–Kier alpha value is -2.95. The van der Waals surface area contributed by atoms with Gasteiger partial charge in [0.25, 0.3) is 5.91 Å². The number of carbonyl (C=O) groups is 1. The van der Waals surface area contributed by atoms with Gasteiger partial charge in [0.15, 0.2) is 0 Å². The van der Waals surface area contributed by atoms with Crippen LogP contribution < -0.4 is 10.1 Å². The molecule has 2 aromatic rings. The predicted molar refractivity (Wildman–Crippen MR) is 79.9 cm³/mol. The molecule has 104 valence electrons. The van der Waals surface area contributed by atoms with Gasteiger partial charge in [-0.25, -0.2) is 4.99 Å². The maximum Gasteiger partial charge on any atom is 0.275 e. The van der Waals surface area contributed by atoms with E-state index in [0.29, 0.717) is 23.0 Å². The molecule has 0 radical (unpaired) electrons. The number of rotatable bonds is 3. The summed E-state index contributed by atoms with van der Waals surface area (Å²) in [5.41, 5.74) is 1.83. The van der Waals surface area contributed by atoms with Crippen LogP contribution in [0.15, 0.2) is 59.4 Å². The molecular weight excluding hydrogens is 266 g/mol. The number of pyridine rings is 1. The number of nitrogens with one attached hydrogen (secondary N) is 1. The third kappa shape index (κ3) is 2.81. The zero-order valence-electron chi connectivity index (χ0n) is 11.4. The summed E-state index contributed by atoms with van der Waals surface area (Å²) in [5, 5.41) is 2.75. The van der Waals surface area contributed by atoms with Crippen LogP contribution in [0.2, 0.25) is 0 Å². The molecule has 0 saturated carbocycles. The number of carbonyl (C=O) groups excluding carboxylic acids is 1. The molecule has 0 bridgehead atoms. The van der Waals surface area contributed by atoms with Gasteiger partial charge in [-0.1, -0.05) is 18.2 Å². The number of benzene rings is 1. The van der Waals surface area contributed by atoms with E-state index in [0.717, 1.165) is 5.56 Å². The van der Waals surface area contributed by atoms with Crippen LogP contribution in [-0.2, 0) is 4.79 Å². The average Bonchev–Trinajstić information content (AvgIpc) is 2.89. The molecule has 1 N–H and O–H groups in total. The minimum Gasteiger partial charge on any atom is -0.497 e. The van der Waals surface area contributed by atoms with Crippen molar-refractivity contribution in [3.63, 3.8) is 0 Å². The molecule has 0 aliphatic carbocycles. The van der Waals surface area contributed by atoms with Gasteiger partial charge in [-0.2, -0.15) is 0 Å². The van der Waals surface area contributed by atoms with E-state index in [1.54, 1.807) is 19.4 Å². The summed E-state index contributed by atoms with van der Waals surface area (Å²) >= 11 is 0. The Bertz CT molecular complexity index is 736. The first-order valence-corrected chi connectivity index (χ1v) is 6.43. The average molecular weight is 279 g/mol. The first-order chi connectivity index (χ1) is 10.3. The van der Waals surface area contributed by atoms with Gasteiger partial charge in [-0.05, 0) is 30.3 Å². The fraction of sp³-hybridized carbons (Fsp3) is 0.0625. The highest BCUT2D eigenvalue weighted by Gasteiger charge is 2.21. The summed E-state index contributed by atoms with van der Waals surface area (Å²) in [4.78, 5) is 20.5.